The van der Waals surface area contributed by atoms with Crippen LogP contribution in [0, 0.1) is 5.82 Å². The minimum absolute atomic E-state index is 0.0686. The molecule has 6 nitrogen and oxygen atoms in total. The molecule has 152 valence electrons. The zero-order valence-corrected chi connectivity index (χ0v) is 17.5. The Morgan fingerprint density at radius 3 is 2.48 bits per heavy atom. The molecule has 3 aromatic rings. The Balaban J connectivity index is 1.58. The Bertz CT molecular complexity index is 995. The van der Waals surface area contributed by atoms with Crippen LogP contribution < -0.4 is 11.2 Å². The normalized spacial score (nSPS) is 11.4. The van der Waals surface area contributed by atoms with Crippen LogP contribution in [0.2, 0.25) is 0 Å². The number of halogens is 1. The first-order chi connectivity index (χ1) is 13.8. The van der Waals surface area contributed by atoms with E-state index in [1.807, 2.05) is 12.1 Å². The van der Waals surface area contributed by atoms with Crippen LogP contribution in [0.25, 0.3) is 11.4 Å². The van der Waals surface area contributed by atoms with Crippen LogP contribution in [-0.2, 0) is 10.2 Å². The van der Waals surface area contributed by atoms with Gasteiger partial charge in [0.2, 0.25) is 11.1 Å². The minimum atomic E-state index is -0.461. The van der Waals surface area contributed by atoms with Gasteiger partial charge < -0.3 is 11.2 Å². The molecule has 0 spiro atoms. The van der Waals surface area contributed by atoms with E-state index >= 15 is 0 Å². The third-order valence-electron chi connectivity index (χ3n) is 4.38. The molecule has 0 fully saturated rings. The van der Waals surface area contributed by atoms with Crippen molar-refractivity contribution < 1.29 is 9.18 Å². The maximum Gasteiger partial charge on any atom is 0.225 e. The second kappa shape index (κ2) is 8.65. The van der Waals surface area contributed by atoms with Crippen molar-refractivity contribution in [3.8, 4) is 11.4 Å². The molecule has 0 bridgehead atoms. The molecular weight excluding hydrogens is 389 g/mol. The first-order valence-electron chi connectivity index (χ1n) is 9.24. The number of aromatic nitrogens is 3. The van der Waals surface area contributed by atoms with Crippen LogP contribution in [0.1, 0.15) is 32.8 Å². The van der Waals surface area contributed by atoms with E-state index in [1.54, 1.807) is 12.1 Å². The van der Waals surface area contributed by atoms with Gasteiger partial charge in [-0.1, -0.05) is 68.9 Å². The van der Waals surface area contributed by atoms with Gasteiger partial charge in [0.25, 0.3) is 0 Å². The summed E-state index contributed by atoms with van der Waals surface area (Å²) in [4.78, 5) is 12.0. The van der Waals surface area contributed by atoms with Gasteiger partial charge in [-0.3, -0.25) is 4.79 Å². The molecule has 0 unspecified atom stereocenters. The van der Waals surface area contributed by atoms with Gasteiger partial charge in [0.15, 0.2) is 5.82 Å². The molecule has 0 aliphatic heterocycles. The number of nitrogens with one attached hydrogen (secondary N) is 1. The molecule has 0 aliphatic carbocycles. The zero-order chi connectivity index (χ0) is 21.0. The van der Waals surface area contributed by atoms with E-state index in [4.69, 9.17) is 5.84 Å². The standard InChI is InChI=1S/C21H24FN5OS/c1-21(2,3)15-10-8-14(9-11-15)19-25-26-20(27(19)23)29-13-12-18(28)24-17-7-5-4-6-16(17)22/h4-11H,12-13,23H2,1-3H3,(H,24,28). The smallest absolute Gasteiger partial charge is 0.225 e. The highest BCUT2D eigenvalue weighted by molar-refractivity contribution is 7.99. The van der Waals surface area contributed by atoms with Crippen LogP contribution in [0.15, 0.2) is 53.7 Å². The predicted octanol–water partition coefficient (Wildman–Crippen LogP) is 4.22. The molecule has 1 aromatic heterocycles. The highest BCUT2D eigenvalue weighted by Crippen LogP contribution is 2.26. The maximum atomic E-state index is 13.6. The van der Waals surface area contributed by atoms with Crippen molar-refractivity contribution in [3.05, 3.63) is 59.9 Å². The number of carbonyl (C=O) groups excluding carboxylic acids is 1. The molecule has 3 N–H and O–H groups in total. The Labute approximate surface area is 173 Å². The average molecular weight is 414 g/mol. The molecule has 0 saturated heterocycles. The summed E-state index contributed by atoms with van der Waals surface area (Å²) in [7, 11) is 0. The van der Waals surface area contributed by atoms with Gasteiger partial charge >= 0.3 is 0 Å². The number of hydrogen-bond donors (Lipinski definition) is 2. The van der Waals surface area contributed by atoms with Gasteiger partial charge in [-0.2, -0.15) is 0 Å². The number of thioether (sulfide) groups is 1. The summed E-state index contributed by atoms with van der Waals surface area (Å²) in [6, 6.07) is 14.1. The highest BCUT2D eigenvalue weighted by Gasteiger charge is 2.16. The maximum absolute atomic E-state index is 13.6. The van der Waals surface area contributed by atoms with Crippen LogP contribution in [0.4, 0.5) is 10.1 Å². The first kappa shape index (κ1) is 20.9. The number of nitrogens with two attached hydrogens (primary N) is 1. The summed E-state index contributed by atoms with van der Waals surface area (Å²) < 4.78 is 15.0. The molecule has 0 atom stereocenters. The molecular formula is C21H24FN5OS. The van der Waals surface area contributed by atoms with Crippen molar-refractivity contribution in [2.24, 2.45) is 0 Å². The number of carbonyl (C=O) groups is 1. The number of benzene rings is 2. The van der Waals surface area contributed by atoms with E-state index in [-0.39, 0.29) is 23.4 Å². The molecule has 29 heavy (non-hydrogen) atoms. The summed E-state index contributed by atoms with van der Waals surface area (Å²) >= 11 is 1.32. The van der Waals surface area contributed by atoms with Gasteiger partial charge in [0, 0.05) is 17.7 Å². The lowest BCUT2D eigenvalue weighted by Crippen LogP contribution is -2.14. The highest BCUT2D eigenvalue weighted by atomic mass is 32.2. The molecule has 8 heteroatoms. The summed E-state index contributed by atoms with van der Waals surface area (Å²) in [5, 5.41) is 11.4. The minimum Gasteiger partial charge on any atom is -0.335 e. The SMILES string of the molecule is CC(C)(C)c1ccc(-c2nnc(SCCC(=O)Nc3ccccc3F)n2N)cc1. The average Bonchev–Trinajstić information content (AvgIpc) is 3.04. The fourth-order valence-corrected chi connectivity index (χ4v) is 3.50. The topological polar surface area (TPSA) is 85.8 Å². The van der Waals surface area contributed by atoms with E-state index in [0.717, 1.165) is 5.56 Å². The molecule has 0 radical (unpaired) electrons. The number of hydrogen-bond acceptors (Lipinski definition) is 5. The van der Waals surface area contributed by atoms with Crippen LogP contribution in [-0.4, -0.2) is 26.5 Å². The molecule has 1 heterocycles. The van der Waals surface area contributed by atoms with E-state index in [2.05, 4.69) is 48.4 Å². The van der Waals surface area contributed by atoms with Gasteiger partial charge in [-0.25, -0.2) is 9.07 Å². The number of rotatable bonds is 6. The lowest BCUT2D eigenvalue weighted by Gasteiger charge is -2.19. The second-order valence-electron chi connectivity index (χ2n) is 7.63. The van der Waals surface area contributed by atoms with Gasteiger partial charge in [-0.15, -0.1) is 10.2 Å². The monoisotopic (exact) mass is 413 g/mol. The number of para-hydroxylation sites is 1. The van der Waals surface area contributed by atoms with Gasteiger partial charge in [0.05, 0.1) is 5.69 Å². The van der Waals surface area contributed by atoms with Crippen LogP contribution in [0.5, 0.6) is 0 Å². The van der Waals surface area contributed by atoms with E-state index in [9.17, 15) is 9.18 Å². The summed E-state index contributed by atoms with van der Waals surface area (Å²) in [6.45, 7) is 6.47. The van der Waals surface area contributed by atoms with E-state index < -0.39 is 5.82 Å². The van der Waals surface area contributed by atoms with Gasteiger partial charge in [0.1, 0.15) is 5.82 Å². The van der Waals surface area contributed by atoms with Crippen molar-refractivity contribution in [1.29, 1.82) is 0 Å². The third kappa shape index (κ3) is 5.14. The Kier molecular flexibility index (Phi) is 6.22. The fourth-order valence-electron chi connectivity index (χ4n) is 2.70. The molecule has 1 amide bonds. The quantitative estimate of drug-likeness (QED) is 0.467. The van der Waals surface area contributed by atoms with Crippen molar-refractivity contribution in [2.75, 3.05) is 16.9 Å². The van der Waals surface area contributed by atoms with Crippen molar-refractivity contribution >= 4 is 23.4 Å². The van der Waals surface area contributed by atoms with Crippen LogP contribution >= 0.6 is 11.8 Å². The third-order valence-corrected chi connectivity index (χ3v) is 5.33. The predicted molar refractivity (Wildman–Crippen MR) is 115 cm³/mol. The molecule has 2 aromatic carbocycles. The summed E-state index contributed by atoms with van der Waals surface area (Å²) in [5.74, 6) is 6.41. The Morgan fingerprint density at radius 1 is 1.14 bits per heavy atom. The Morgan fingerprint density at radius 2 is 1.83 bits per heavy atom. The number of nitrogens with zero attached hydrogens (tertiary/aromatic N) is 3. The fraction of sp³-hybridized carbons (Fsp3) is 0.286. The first-order valence-corrected chi connectivity index (χ1v) is 10.2. The van der Waals surface area contributed by atoms with E-state index in [0.29, 0.717) is 16.7 Å². The van der Waals surface area contributed by atoms with Crippen molar-refractivity contribution in [1.82, 2.24) is 14.9 Å². The summed E-state index contributed by atoms with van der Waals surface area (Å²) in [6.07, 6.45) is 0.196. The van der Waals surface area contributed by atoms with Crippen molar-refractivity contribution in [2.45, 2.75) is 37.8 Å². The zero-order valence-electron chi connectivity index (χ0n) is 16.6. The number of anilines is 1. The lowest BCUT2D eigenvalue weighted by atomic mass is 9.87. The van der Waals surface area contributed by atoms with Gasteiger partial charge in [-0.05, 0) is 23.1 Å². The molecule has 0 aliphatic rings. The van der Waals surface area contributed by atoms with Crippen LogP contribution in [0.3, 0.4) is 0 Å². The second-order valence-corrected chi connectivity index (χ2v) is 8.69. The lowest BCUT2D eigenvalue weighted by molar-refractivity contribution is -0.115. The summed E-state index contributed by atoms with van der Waals surface area (Å²) in [5.41, 5.74) is 2.33. The number of nitrogen functional groups attached to an aromatic ring is 1. The largest absolute Gasteiger partial charge is 0.335 e. The Hall–Kier alpha value is -2.87. The number of amides is 1. The molecule has 0 saturated carbocycles. The van der Waals surface area contributed by atoms with E-state index in [1.165, 1.54) is 34.1 Å². The van der Waals surface area contributed by atoms with Crippen molar-refractivity contribution in [3.63, 3.8) is 0 Å². The molecule has 3 rings (SSSR count).